The van der Waals surface area contributed by atoms with E-state index in [1.807, 2.05) is 0 Å². The molecule has 1 aromatic heterocycles. The zero-order chi connectivity index (χ0) is 26.0. The number of hydrogen-bond donors (Lipinski definition) is 1. The average molecular weight is 520 g/mol. The molecule has 0 saturated carbocycles. The summed E-state index contributed by atoms with van der Waals surface area (Å²) in [4.78, 5) is 16.0. The van der Waals surface area contributed by atoms with Gasteiger partial charge in [0, 0.05) is 22.7 Å². The van der Waals surface area contributed by atoms with Crippen LogP contribution in [0.4, 0.5) is 18.0 Å². The van der Waals surface area contributed by atoms with Crippen LogP contribution in [0, 0.1) is 6.92 Å². The Hall–Kier alpha value is -4.18. The molecule has 0 bridgehead atoms. The zero-order valence-electron chi connectivity index (χ0n) is 18.7. The predicted octanol–water partition coefficient (Wildman–Crippen LogP) is 7.62. The number of methoxy groups -OCH3 is 1. The summed E-state index contributed by atoms with van der Waals surface area (Å²) in [5.41, 5.74) is 1.96. The minimum atomic E-state index is -4.78. The van der Waals surface area contributed by atoms with E-state index in [-0.39, 0.29) is 16.5 Å². The van der Waals surface area contributed by atoms with E-state index >= 15 is 0 Å². The molecule has 3 aromatic carbocycles. The van der Waals surface area contributed by atoms with Gasteiger partial charge in [-0.05, 0) is 55.0 Å². The number of alkyl halides is 3. The van der Waals surface area contributed by atoms with Crippen molar-refractivity contribution in [2.75, 3.05) is 7.11 Å². The van der Waals surface area contributed by atoms with Crippen molar-refractivity contribution >= 4 is 28.7 Å². The van der Waals surface area contributed by atoms with Crippen LogP contribution in [0.15, 0.2) is 60.7 Å². The number of fused-ring (bicyclic) bond motifs is 1. The van der Waals surface area contributed by atoms with Crippen LogP contribution in [0.1, 0.15) is 5.69 Å². The van der Waals surface area contributed by atoms with Crippen molar-refractivity contribution in [2.45, 2.75) is 13.3 Å². The quantitative estimate of drug-likeness (QED) is 0.262. The average Bonchev–Trinajstić information content (AvgIpc) is 2.80. The fourth-order valence-corrected chi connectivity index (χ4v) is 3.82. The van der Waals surface area contributed by atoms with E-state index in [0.29, 0.717) is 45.0 Å². The molecule has 0 amide bonds. The van der Waals surface area contributed by atoms with E-state index in [1.165, 1.54) is 25.3 Å². The van der Waals surface area contributed by atoms with Gasteiger partial charge in [-0.2, -0.15) is 0 Å². The van der Waals surface area contributed by atoms with E-state index in [4.69, 9.17) is 25.8 Å². The summed E-state index contributed by atoms with van der Waals surface area (Å²) in [6, 6.07) is 14.6. The molecule has 7 nitrogen and oxygen atoms in total. The topological polar surface area (TPSA) is 87.1 Å². The molecule has 0 spiro atoms. The fourth-order valence-electron chi connectivity index (χ4n) is 3.58. The Bertz CT molecular complexity index is 1420. The van der Waals surface area contributed by atoms with Gasteiger partial charge in [0.25, 0.3) is 0 Å². The number of ether oxygens (including phenoxy) is 4. The molecule has 36 heavy (non-hydrogen) atoms. The number of benzene rings is 3. The lowest BCUT2D eigenvalue weighted by atomic mass is 10.00. The van der Waals surface area contributed by atoms with Crippen LogP contribution in [0.25, 0.3) is 22.0 Å². The van der Waals surface area contributed by atoms with Crippen LogP contribution in [-0.2, 0) is 0 Å². The van der Waals surface area contributed by atoms with Crippen LogP contribution in [0.2, 0.25) is 5.02 Å². The highest BCUT2D eigenvalue weighted by molar-refractivity contribution is 6.33. The van der Waals surface area contributed by atoms with Crippen molar-refractivity contribution in [1.82, 2.24) is 4.98 Å². The van der Waals surface area contributed by atoms with Gasteiger partial charge in [-0.15, -0.1) is 13.2 Å². The first kappa shape index (κ1) is 24.9. The van der Waals surface area contributed by atoms with E-state index < -0.39 is 12.5 Å². The van der Waals surface area contributed by atoms with E-state index in [9.17, 15) is 23.1 Å². The first-order valence-electron chi connectivity index (χ1n) is 10.3. The van der Waals surface area contributed by atoms with Gasteiger partial charge >= 0.3 is 12.5 Å². The lowest BCUT2D eigenvalue weighted by Gasteiger charge is -2.16. The van der Waals surface area contributed by atoms with Gasteiger partial charge in [-0.25, -0.2) is 4.79 Å². The van der Waals surface area contributed by atoms with Gasteiger partial charge < -0.3 is 24.1 Å². The standard InChI is InChI=1S/C25H17ClF3NO6/c1-13-22(23(35-24(31)32)18-11-19(26)21(33-2)12-20(18)30-13)14-3-5-15(6-4-14)34-16-7-9-17(10-8-16)36-25(27,28)29/h3-12H,1-2H3,(H,31,32). The molecule has 4 aromatic rings. The van der Waals surface area contributed by atoms with Crippen molar-refractivity contribution in [2.24, 2.45) is 0 Å². The van der Waals surface area contributed by atoms with Crippen molar-refractivity contribution in [3.8, 4) is 39.9 Å². The zero-order valence-corrected chi connectivity index (χ0v) is 19.5. The van der Waals surface area contributed by atoms with Gasteiger partial charge in [-0.3, -0.25) is 4.98 Å². The molecule has 0 aliphatic carbocycles. The fraction of sp³-hybridized carbons (Fsp3) is 0.120. The van der Waals surface area contributed by atoms with Crippen molar-refractivity contribution in [1.29, 1.82) is 0 Å². The normalized spacial score (nSPS) is 11.3. The van der Waals surface area contributed by atoms with Crippen molar-refractivity contribution in [3.05, 3.63) is 71.4 Å². The molecular formula is C25H17ClF3NO6. The maximum absolute atomic E-state index is 12.3. The van der Waals surface area contributed by atoms with Crippen LogP contribution in [-0.4, -0.2) is 29.7 Å². The molecule has 4 rings (SSSR count). The summed E-state index contributed by atoms with van der Waals surface area (Å²) in [6.07, 6.45) is -6.29. The third-order valence-corrected chi connectivity index (χ3v) is 5.31. The Morgan fingerprint density at radius 3 is 2.11 bits per heavy atom. The van der Waals surface area contributed by atoms with Crippen LogP contribution in [0.3, 0.4) is 0 Å². The maximum Gasteiger partial charge on any atom is 0.573 e. The molecule has 0 aliphatic heterocycles. The van der Waals surface area contributed by atoms with Crippen molar-refractivity contribution in [3.63, 3.8) is 0 Å². The molecule has 0 fully saturated rings. The van der Waals surface area contributed by atoms with Gasteiger partial charge in [0.05, 0.1) is 17.6 Å². The van der Waals surface area contributed by atoms with E-state index in [1.54, 1.807) is 37.3 Å². The minimum Gasteiger partial charge on any atom is -0.495 e. The lowest BCUT2D eigenvalue weighted by Crippen LogP contribution is -2.16. The molecule has 11 heteroatoms. The summed E-state index contributed by atoms with van der Waals surface area (Å²) in [7, 11) is 1.46. The van der Waals surface area contributed by atoms with Gasteiger partial charge in [0.2, 0.25) is 0 Å². The largest absolute Gasteiger partial charge is 0.573 e. The number of rotatable bonds is 6. The Labute approximate surface area is 207 Å². The molecule has 0 unspecified atom stereocenters. The number of pyridine rings is 1. The Morgan fingerprint density at radius 2 is 1.56 bits per heavy atom. The molecule has 0 saturated heterocycles. The van der Waals surface area contributed by atoms with E-state index in [0.717, 1.165) is 12.1 Å². The monoisotopic (exact) mass is 519 g/mol. The van der Waals surface area contributed by atoms with Gasteiger partial charge in [0.1, 0.15) is 23.0 Å². The first-order valence-corrected chi connectivity index (χ1v) is 10.6. The van der Waals surface area contributed by atoms with Gasteiger partial charge in [-0.1, -0.05) is 23.7 Å². The second kappa shape index (κ2) is 9.82. The van der Waals surface area contributed by atoms with E-state index in [2.05, 4.69) is 9.72 Å². The highest BCUT2D eigenvalue weighted by atomic mass is 35.5. The third-order valence-electron chi connectivity index (χ3n) is 5.02. The summed E-state index contributed by atoms with van der Waals surface area (Å²) >= 11 is 6.25. The van der Waals surface area contributed by atoms with Crippen molar-refractivity contribution < 1.29 is 42.0 Å². The number of aromatic nitrogens is 1. The van der Waals surface area contributed by atoms with Crippen LogP contribution < -0.4 is 18.9 Å². The first-order chi connectivity index (χ1) is 17.0. The van der Waals surface area contributed by atoms with Gasteiger partial charge in [0.15, 0.2) is 5.75 Å². The summed E-state index contributed by atoms with van der Waals surface area (Å²) in [5.74, 6) is 0.753. The molecule has 0 aliphatic rings. The highest BCUT2D eigenvalue weighted by Crippen LogP contribution is 2.42. The maximum atomic E-state index is 12.3. The molecule has 0 radical (unpaired) electrons. The minimum absolute atomic E-state index is 0.0588. The predicted molar refractivity (Wildman–Crippen MR) is 125 cm³/mol. The SMILES string of the molecule is COc1cc2nc(C)c(-c3ccc(Oc4ccc(OC(F)(F)F)cc4)cc3)c(OC(=O)O)c2cc1Cl. The molecular weight excluding hydrogens is 503 g/mol. The summed E-state index contributed by atoms with van der Waals surface area (Å²) in [6.45, 7) is 1.71. The lowest BCUT2D eigenvalue weighted by molar-refractivity contribution is -0.274. The molecule has 1 N–H and O–H groups in total. The Balaban J connectivity index is 1.67. The second-order valence-electron chi connectivity index (χ2n) is 7.42. The number of carboxylic acid groups (broad SMARTS) is 1. The number of aryl methyl sites for hydroxylation is 1. The Kier molecular flexibility index (Phi) is 6.80. The molecule has 0 atom stereocenters. The molecule has 1 heterocycles. The summed E-state index contributed by atoms with van der Waals surface area (Å²) < 4.78 is 56.9. The molecule has 186 valence electrons. The highest BCUT2D eigenvalue weighted by Gasteiger charge is 2.31. The Morgan fingerprint density at radius 1 is 0.972 bits per heavy atom. The summed E-state index contributed by atoms with van der Waals surface area (Å²) in [5, 5.41) is 9.99. The second-order valence-corrected chi connectivity index (χ2v) is 7.83. The third kappa shape index (κ3) is 5.55. The number of halogens is 4. The number of carbonyl (C=O) groups is 1. The number of nitrogens with zero attached hydrogens (tertiary/aromatic N) is 1. The van der Waals surface area contributed by atoms with Crippen LogP contribution in [0.5, 0.6) is 28.7 Å². The smallest absolute Gasteiger partial charge is 0.495 e. The number of hydrogen-bond acceptors (Lipinski definition) is 6. The van der Waals surface area contributed by atoms with Crippen LogP contribution >= 0.6 is 11.6 Å².